The molecule has 0 fully saturated rings. The molecule has 0 aliphatic carbocycles. The smallest absolute Gasteiger partial charge is 0.334 e. The number of aromatic nitrogens is 2. The zero-order chi connectivity index (χ0) is 23.4. The maximum absolute atomic E-state index is 12.4. The van der Waals surface area contributed by atoms with Gasteiger partial charge in [0, 0.05) is 17.3 Å². The molecule has 1 heterocycles. The third kappa shape index (κ3) is 4.87. The predicted molar refractivity (Wildman–Crippen MR) is 117 cm³/mol. The second-order valence-electron chi connectivity index (χ2n) is 6.62. The highest BCUT2D eigenvalue weighted by Crippen LogP contribution is 2.32. The molecule has 3 aromatic rings. The largest absolute Gasteiger partial charge is 0.355 e. The maximum atomic E-state index is 12.4. The fourth-order valence-electron chi connectivity index (χ4n) is 2.71. The number of carbonyl (C=O) groups is 1. The Hall–Kier alpha value is -4.32. The van der Waals surface area contributed by atoms with E-state index in [1.807, 2.05) is 32.0 Å². The molecule has 13 heteroatoms. The van der Waals surface area contributed by atoms with Gasteiger partial charge < -0.3 is 5.32 Å². The van der Waals surface area contributed by atoms with Crippen molar-refractivity contribution in [3.63, 3.8) is 0 Å². The fraction of sp³-hybridized carbons (Fsp3) is 0.105. The van der Waals surface area contributed by atoms with E-state index in [9.17, 15) is 25.0 Å². The summed E-state index contributed by atoms with van der Waals surface area (Å²) in [7, 11) is 0. The predicted octanol–water partition coefficient (Wildman–Crippen LogP) is 4.06. The Labute approximate surface area is 185 Å². The van der Waals surface area contributed by atoms with Crippen LogP contribution in [0, 0.1) is 34.1 Å². The number of nitrogens with one attached hydrogen (secondary N) is 3. The molecule has 0 unspecified atom stereocenters. The molecule has 0 saturated heterocycles. The van der Waals surface area contributed by atoms with Gasteiger partial charge in [0.25, 0.3) is 11.6 Å². The number of nitro benzene ring substituents is 1. The Bertz CT molecular complexity index is 1230. The van der Waals surface area contributed by atoms with Gasteiger partial charge in [-0.2, -0.15) is 0 Å². The van der Waals surface area contributed by atoms with Crippen LogP contribution in [0.3, 0.4) is 0 Å². The Balaban J connectivity index is 1.86. The number of anilines is 3. The quantitative estimate of drug-likeness (QED) is 0.350. The van der Waals surface area contributed by atoms with Crippen molar-refractivity contribution in [1.29, 1.82) is 0 Å². The lowest BCUT2D eigenvalue weighted by Crippen LogP contribution is -2.30. The molecule has 1 aromatic heterocycles. The molecule has 0 radical (unpaired) electrons. The van der Waals surface area contributed by atoms with Crippen LogP contribution in [0.15, 0.2) is 42.7 Å². The molecule has 0 saturated carbocycles. The van der Waals surface area contributed by atoms with Crippen molar-refractivity contribution in [2.24, 2.45) is 0 Å². The summed E-state index contributed by atoms with van der Waals surface area (Å²) in [5.41, 5.74) is 5.97. The lowest BCUT2D eigenvalue weighted by Gasteiger charge is -2.12. The number of nitrogens with zero attached hydrogens (tertiary/aromatic N) is 4. The van der Waals surface area contributed by atoms with Crippen LogP contribution >= 0.6 is 11.6 Å². The fourth-order valence-corrected chi connectivity index (χ4v) is 2.90. The van der Waals surface area contributed by atoms with E-state index in [0.717, 1.165) is 23.5 Å². The first-order valence-corrected chi connectivity index (χ1v) is 9.39. The van der Waals surface area contributed by atoms with Crippen LogP contribution < -0.4 is 16.2 Å². The first-order chi connectivity index (χ1) is 15.2. The Morgan fingerprint density at radius 2 is 1.72 bits per heavy atom. The number of aryl methyl sites for hydroxylation is 2. The lowest BCUT2D eigenvalue weighted by molar-refractivity contribution is -0.384. The van der Waals surface area contributed by atoms with E-state index >= 15 is 0 Å². The van der Waals surface area contributed by atoms with Crippen LogP contribution in [0.2, 0.25) is 5.02 Å². The van der Waals surface area contributed by atoms with Crippen LogP contribution in [-0.4, -0.2) is 25.7 Å². The minimum atomic E-state index is -0.790. The zero-order valence-electron chi connectivity index (χ0n) is 16.7. The maximum Gasteiger partial charge on any atom is 0.355 e. The zero-order valence-corrected chi connectivity index (χ0v) is 17.5. The van der Waals surface area contributed by atoms with Gasteiger partial charge in [0.1, 0.15) is 11.3 Å². The molecule has 0 aliphatic rings. The standard InChI is InChI=1S/C19H16ClN7O5/c1-10-3-4-11(2)14(7-10)23-17-16(27(31)32)18(22-9-21-17)24-25-19(28)12-5-6-13(20)15(8-12)26(29)30/h3-9H,1-2H3,(H,25,28)(H2,21,22,23,24). The minimum Gasteiger partial charge on any atom is -0.334 e. The first kappa shape index (κ1) is 22.4. The number of carbonyl (C=O) groups excluding carboxylic acids is 1. The Kier molecular flexibility index (Phi) is 6.45. The highest BCUT2D eigenvalue weighted by Gasteiger charge is 2.24. The van der Waals surface area contributed by atoms with Gasteiger partial charge in [0.15, 0.2) is 0 Å². The van der Waals surface area contributed by atoms with Crippen molar-refractivity contribution in [2.75, 3.05) is 10.7 Å². The molecule has 3 N–H and O–H groups in total. The van der Waals surface area contributed by atoms with Crippen LogP contribution in [0.5, 0.6) is 0 Å². The summed E-state index contributed by atoms with van der Waals surface area (Å²) in [5, 5.41) is 25.5. The van der Waals surface area contributed by atoms with Gasteiger partial charge in [-0.1, -0.05) is 23.7 Å². The van der Waals surface area contributed by atoms with Gasteiger partial charge in [-0.05, 0) is 43.2 Å². The second kappa shape index (κ2) is 9.22. The average Bonchev–Trinajstić information content (AvgIpc) is 2.74. The van der Waals surface area contributed by atoms with Gasteiger partial charge in [-0.25, -0.2) is 9.97 Å². The number of hydrogen-bond acceptors (Lipinski definition) is 9. The van der Waals surface area contributed by atoms with Gasteiger partial charge in [-0.15, -0.1) is 0 Å². The monoisotopic (exact) mass is 457 g/mol. The number of amides is 1. The van der Waals surface area contributed by atoms with Gasteiger partial charge in [0.05, 0.1) is 9.85 Å². The van der Waals surface area contributed by atoms with Crippen molar-refractivity contribution in [1.82, 2.24) is 15.4 Å². The van der Waals surface area contributed by atoms with Crippen molar-refractivity contribution in [2.45, 2.75) is 13.8 Å². The van der Waals surface area contributed by atoms with Gasteiger partial charge >= 0.3 is 5.69 Å². The minimum absolute atomic E-state index is 0.0842. The van der Waals surface area contributed by atoms with E-state index in [1.54, 1.807) is 0 Å². The van der Waals surface area contributed by atoms with E-state index in [0.29, 0.717) is 5.69 Å². The van der Waals surface area contributed by atoms with E-state index in [-0.39, 0.29) is 22.2 Å². The average molecular weight is 458 g/mol. The molecular formula is C19H16ClN7O5. The Morgan fingerprint density at radius 3 is 2.41 bits per heavy atom. The number of benzene rings is 2. The molecule has 3 rings (SSSR count). The molecule has 32 heavy (non-hydrogen) atoms. The van der Waals surface area contributed by atoms with Crippen LogP contribution in [-0.2, 0) is 0 Å². The van der Waals surface area contributed by atoms with Crippen LogP contribution in [0.1, 0.15) is 21.5 Å². The van der Waals surface area contributed by atoms with E-state index < -0.39 is 27.1 Å². The summed E-state index contributed by atoms with van der Waals surface area (Å²) in [6.07, 6.45) is 1.09. The van der Waals surface area contributed by atoms with E-state index in [1.165, 1.54) is 12.1 Å². The molecule has 0 aliphatic heterocycles. The number of hydrazine groups is 1. The summed E-state index contributed by atoms with van der Waals surface area (Å²) < 4.78 is 0. The molecule has 0 atom stereocenters. The third-order valence-corrected chi connectivity index (χ3v) is 4.67. The van der Waals surface area contributed by atoms with Crippen molar-refractivity contribution < 1.29 is 14.6 Å². The molecule has 1 amide bonds. The van der Waals surface area contributed by atoms with Crippen LogP contribution in [0.4, 0.5) is 28.7 Å². The summed E-state index contributed by atoms with van der Waals surface area (Å²) >= 11 is 5.74. The third-order valence-electron chi connectivity index (χ3n) is 4.35. The van der Waals surface area contributed by atoms with Crippen LogP contribution in [0.25, 0.3) is 0 Å². The van der Waals surface area contributed by atoms with Crippen molar-refractivity contribution in [3.05, 3.63) is 84.7 Å². The normalized spacial score (nSPS) is 10.3. The number of halogens is 1. The van der Waals surface area contributed by atoms with Gasteiger partial charge in [-0.3, -0.25) is 35.9 Å². The summed E-state index contributed by atoms with van der Waals surface area (Å²) in [6, 6.07) is 9.03. The van der Waals surface area contributed by atoms with Gasteiger partial charge in [0.2, 0.25) is 11.6 Å². The molecule has 12 nitrogen and oxygen atoms in total. The molecular weight excluding hydrogens is 442 g/mol. The Morgan fingerprint density at radius 1 is 1.00 bits per heavy atom. The summed E-state index contributed by atoms with van der Waals surface area (Å²) in [6.45, 7) is 3.71. The van der Waals surface area contributed by atoms with E-state index in [4.69, 9.17) is 11.6 Å². The number of rotatable bonds is 7. The van der Waals surface area contributed by atoms with E-state index in [2.05, 4.69) is 26.1 Å². The molecule has 164 valence electrons. The van der Waals surface area contributed by atoms with Crippen molar-refractivity contribution >= 4 is 46.2 Å². The molecule has 0 bridgehead atoms. The summed E-state index contributed by atoms with van der Waals surface area (Å²) in [5.74, 6) is -1.16. The number of nitro groups is 2. The second-order valence-corrected chi connectivity index (χ2v) is 7.03. The summed E-state index contributed by atoms with van der Waals surface area (Å²) in [4.78, 5) is 41.4. The SMILES string of the molecule is Cc1ccc(C)c(Nc2ncnc(NNC(=O)c3ccc(Cl)c([N+](=O)[O-])c3)c2[N+](=O)[O-])c1. The number of hydrogen-bond donors (Lipinski definition) is 3. The highest BCUT2D eigenvalue weighted by molar-refractivity contribution is 6.32. The first-order valence-electron chi connectivity index (χ1n) is 9.01. The lowest BCUT2D eigenvalue weighted by atomic mass is 10.1. The molecule has 2 aromatic carbocycles. The topological polar surface area (TPSA) is 165 Å². The van der Waals surface area contributed by atoms with Crippen molar-refractivity contribution in [3.8, 4) is 0 Å². The highest BCUT2D eigenvalue weighted by atomic mass is 35.5. The molecule has 0 spiro atoms.